The lowest BCUT2D eigenvalue weighted by atomic mass is 10.1. The highest BCUT2D eigenvalue weighted by Crippen LogP contribution is 2.27. The maximum absolute atomic E-state index is 13.1. The molecule has 0 aromatic heterocycles. The number of benzene rings is 1. The van der Waals surface area contributed by atoms with Crippen LogP contribution in [0.4, 0.5) is 4.39 Å². The molecule has 0 radical (unpaired) electrons. The Morgan fingerprint density at radius 1 is 1.50 bits per heavy atom. The molecule has 0 saturated carbocycles. The molecule has 0 fully saturated rings. The van der Waals surface area contributed by atoms with Gasteiger partial charge in [0.1, 0.15) is 12.6 Å². The van der Waals surface area contributed by atoms with Gasteiger partial charge in [0.15, 0.2) is 0 Å². The first-order valence-electron chi connectivity index (χ1n) is 4.21. The summed E-state index contributed by atoms with van der Waals surface area (Å²) in [4.78, 5) is 0. The Bertz CT molecular complexity index is 304. The fraction of sp³-hybridized carbons (Fsp3) is 0.400. The Morgan fingerprint density at radius 3 is 2.86 bits per heavy atom. The molecule has 1 rings (SSSR count). The Kier molecular flexibility index (Phi) is 4.51. The third-order valence-corrected chi connectivity index (χ3v) is 2.69. The van der Waals surface area contributed by atoms with Crippen molar-refractivity contribution >= 4 is 15.9 Å². The molecule has 0 heterocycles. The highest BCUT2D eigenvalue weighted by Gasteiger charge is 2.12. The molecule has 1 unspecified atom stereocenters. The molecule has 1 atom stereocenters. The number of halogens is 2. The number of hydrogen-bond acceptors (Lipinski definition) is 2. The van der Waals surface area contributed by atoms with Gasteiger partial charge < -0.3 is 9.47 Å². The molecule has 0 aliphatic rings. The maximum Gasteiger partial charge on any atom is 0.147 e. The molecule has 0 amide bonds. The van der Waals surface area contributed by atoms with E-state index >= 15 is 0 Å². The van der Waals surface area contributed by atoms with Crippen LogP contribution in [0.1, 0.15) is 18.6 Å². The predicted octanol–water partition coefficient (Wildman–Crippen LogP) is 3.27. The first-order chi connectivity index (χ1) is 6.66. The second-order valence-corrected chi connectivity index (χ2v) is 3.65. The third kappa shape index (κ3) is 2.77. The molecule has 0 aliphatic carbocycles. The molecule has 78 valence electrons. The van der Waals surface area contributed by atoms with Gasteiger partial charge in [-0.05, 0) is 34.5 Å². The first kappa shape index (κ1) is 11.6. The van der Waals surface area contributed by atoms with E-state index in [1.165, 1.54) is 6.07 Å². The standard InChI is InChI=1S/C10H12BrFO2/c1-7(14-6-13-2)8-4-3-5-9(12)10(8)11/h3-5,7H,6H2,1-2H3. The van der Waals surface area contributed by atoms with E-state index < -0.39 is 0 Å². The van der Waals surface area contributed by atoms with E-state index in [0.717, 1.165) is 5.56 Å². The molecule has 2 nitrogen and oxygen atoms in total. The summed E-state index contributed by atoms with van der Waals surface area (Å²) >= 11 is 3.18. The van der Waals surface area contributed by atoms with Crippen LogP contribution in [0.15, 0.2) is 22.7 Å². The van der Waals surface area contributed by atoms with Crippen molar-refractivity contribution in [1.29, 1.82) is 0 Å². The van der Waals surface area contributed by atoms with Crippen molar-refractivity contribution < 1.29 is 13.9 Å². The molecular weight excluding hydrogens is 251 g/mol. The Morgan fingerprint density at radius 2 is 2.21 bits per heavy atom. The van der Waals surface area contributed by atoms with E-state index in [1.54, 1.807) is 13.2 Å². The quantitative estimate of drug-likeness (QED) is 0.776. The maximum atomic E-state index is 13.1. The van der Waals surface area contributed by atoms with Crippen LogP contribution in [0.25, 0.3) is 0 Å². The summed E-state index contributed by atoms with van der Waals surface area (Å²) in [5, 5.41) is 0. The van der Waals surface area contributed by atoms with Gasteiger partial charge in [0.05, 0.1) is 10.6 Å². The van der Waals surface area contributed by atoms with E-state index in [4.69, 9.17) is 9.47 Å². The largest absolute Gasteiger partial charge is 0.359 e. The normalized spacial score (nSPS) is 12.9. The van der Waals surface area contributed by atoms with Gasteiger partial charge in [0.25, 0.3) is 0 Å². The van der Waals surface area contributed by atoms with E-state index in [1.807, 2.05) is 13.0 Å². The van der Waals surface area contributed by atoms with Crippen molar-refractivity contribution in [2.75, 3.05) is 13.9 Å². The van der Waals surface area contributed by atoms with Crippen molar-refractivity contribution in [1.82, 2.24) is 0 Å². The van der Waals surface area contributed by atoms with Gasteiger partial charge in [-0.1, -0.05) is 12.1 Å². The van der Waals surface area contributed by atoms with Crippen LogP contribution in [0.2, 0.25) is 0 Å². The fourth-order valence-electron chi connectivity index (χ4n) is 1.09. The first-order valence-corrected chi connectivity index (χ1v) is 5.00. The smallest absolute Gasteiger partial charge is 0.147 e. The molecule has 0 spiro atoms. The Hall–Kier alpha value is -0.450. The van der Waals surface area contributed by atoms with E-state index in [0.29, 0.717) is 4.47 Å². The number of methoxy groups -OCH3 is 1. The molecule has 0 saturated heterocycles. The SMILES string of the molecule is COCOC(C)c1cccc(F)c1Br. The minimum Gasteiger partial charge on any atom is -0.359 e. The van der Waals surface area contributed by atoms with Crippen molar-refractivity contribution in [3.8, 4) is 0 Å². The van der Waals surface area contributed by atoms with Gasteiger partial charge in [-0.3, -0.25) is 0 Å². The van der Waals surface area contributed by atoms with Crippen LogP contribution in [0.3, 0.4) is 0 Å². The molecular formula is C10H12BrFO2. The van der Waals surface area contributed by atoms with Crippen molar-refractivity contribution in [2.45, 2.75) is 13.0 Å². The second-order valence-electron chi connectivity index (χ2n) is 2.86. The topological polar surface area (TPSA) is 18.5 Å². The summed E-state index contributed by atoms with van der Waals surface area (Å²) in [6, 6.07) is 4.87. The summed E-state index contributed by atoms with van der Waals surface area (Å²) in [5.74, 6) is -0.282. The molecule has 1 aromatic carbocycles. The molecule has 0 bridgehead atoms. The van der Waals surface area contributed by atoms with Crippen LogP contribution >= 0.6 is 15.9 Å². The number of rotatable bonds is 4. The van der Waals surface area contributed by atoms with E-state index in [-0.39, 0.29) is 18.7 Å². The van der Waals surface area contributed by atoms with Gasteiger partial charge >= 0.3 is 0 Å². The summed E-state index contributed by atoms with van der Waals surface area (Å²) < 4.78 is 23.6. The zero-order valence-corrected chi connectivity index (χ0v) is 9.67. The lowest BCUT2D eigenvalue weighted by Gasteiger charge is -2.14. The minimum absolute atomic E-state index is 0.194. The van der Waals surface area contributed by atoms with Gasteiger partial charge in [0, 0.05) is 7.11 Å². The number of hydrogen-bond donors (Lipinski definition) is 0. The number of ether oxygens (including phenoxy) is 2. The molecule has 1 aromatic rings. The Balaban J connectivity index is 2.79. The zero-order valence-electron chi connectivity index (χ0n) is 8.09. The lowest BCUT2D eigenvalue weighted by molar-refractivity contribution is -0.0669. The van der Waals surface area contributed by atoms with Crippen LogP contribution in [-0.2, 0) is 9.47 Å². The summed E-state index contributed by atoms with van der Waals surface area (Å²) in [7, 11) is 1.55. The van der Waals surface area contributed by atoms with Crippen LogP contribution < -0.4 is 0 Å². The summed E-state index contributed by atoms with van der Waals surface area (Å²) in [6.07, 6.45) is -0.194. The highest BCUT2D eigenvalue weighted by atomic mass is 79.9. The second kappa shape index (κ2) is 5.44. The van der Waals surface area contributed by atoms with Crippen LogP contribution in [0, 0.1) is 5.82 Å². The summed E-state index contributed by atoms with van der Waals surface area (Å²) in [5.41, 5.74) is 0.780. The zero-order chi connectivity index (χ0) is 10.6. The van der Waals surface area contributed by atoms with E-state index in [2.05, 4.69) is 15.9 Å². The minimum atomic E-state index is -0.282. The fourth-order valence-corrected chi connectivity index (χ4v) is 1.68. The van der Waals surface area contributed by atoms with Gasteiger partial charge in [0.2, 0.25) is 0 Å². The average Bonchev–Trinajstić information content (AvgIpc) is 2.18. The Labute approximate surface area is 91.2 Å². The molecule has 14 heavy (non-hydrogen) atoms. The highest BCUT2D eigenvalue weighted by molar-refractivity contribution is 9.10. The van der Waals surface area contributed by atoms with Crippen molar-refractivity contribution in [3.05, 3.63) is 34.1 Å². The molecule has 0 aliphatic heterocycles. The lowest BCUT2D eigenvalue weighted by Crippen LogP contribution is -2.04. The van der Waals surface area contributed by atoms with Crippen LogP contribution in [0.5, 0.6) is 0 Å². The van der Waals surface area contributed by atoms with Gasteiger partial charge in [-0.15, -0.1) is 0 Å². The van der Waals surface area contributed by atoms with Crippen molar-refractivity contribution in [3.63, 3.8) is 0 Å². The van der Waals surface area contributed by atoms with Crippen LogP contribution in [-0.4, -0.2) is 13.9 Å². The summed E-state index contributed by atoms with van der Waals surface area (Å²) in [6.45, 7) is 2.04. The van der Waals surface area contributed by atoms with Gasteiger partial charge in [-0.25, -0.2) is 4.39 Å². The van der Waals surface area contributed by atoms with E-state index in [9.17, 15) is 4.39 Å². The monoisotopic (exact) mass is 262 g/mol. The average molecular weight is 263 g/mol. The van der Waals surface area contributed by atoms with Crippen molar-refractivity contribution in [2.24, 2.45) is 0 Å². The predicted molar refractivity (Wildman–Crippen MR) is 55.5 cm³/mol. The third-order valence-electron chi connectivity index (χ3n) is 1.86. The molecule has 0 N–H and O–H groups in total. The molecule has 4 heteroatoms. The van der Waals surface area contributed by atoms with Gasteiger partial charge in [-0.2, -0.15) is 0 Å².